The summed E-state index contributed by atoms with van der Waals surface area (Å²) >= 11 is 3.43. The fraction of sp³-hybridized carbons (Fsp3) is 0.533. The molecule has 1 aliphatic rings. The minimum atomic E-state index is 0.411. The second-order valence-electron chi connectivity index (χ2n) is 5.88. The van der Waals surface area contributed by atoms with Crippen LogP contribution in [0, 0.1) is 16.7 Å². The number of nitrogens with one attached hydrogen (secondary N) is 1. The smallest absolute Gasteiger partial charge is 0.103 e. The highest BCUT2D eigenvalue weighted by molar-refractivity contribution is 9.10. The van der Waals surface area contributed by atoms with Gasteiger partial charge in [-0.15, -0.1) is 0 Å². The maximum Gasteiger partial charge on any atom is 0.103 e. The summed E-state index contributed by atoms with van der Waals surface area (Å²) in [4.78, 5) is 0. The van der Waals surface area contributed by atoms with E-state index in [1.165, 1.54) is 25.7 Å². The molecule has 1 saturated carbocycles. The first-order chi connectivity index (χ1) is 8.52. The van der Waals surface area contributed by atoms with Gasteiger partial charge in [-0.05, 0) is 52.7 Å². The Hall–Kier alpha value is -1.01. The van der Waals surface area contributed by atoms with Gasteiger partial charge in [0.2, 0.25) is 0 Å². The zero-order valence-corrected chi connectivity index (χ0v) is 12.5. The predicted octanol–water partition coefficient (Wildman–Crippen LogP) is 4.70. The molecule has 1 aliphatic carbocycles. The number of halogens is 1. The van der Waals surface area contributed by atoms with Crippen molar-refractivity contribution in [3.8, 4) is 6.07 Å². The van der Waals surface area contributed by atoms with Crippen molar-refractivity contribution in [1.82, 2.24) is 0 Å². The second-order valence-corrected chi connectivity index (χ2v) is 6.73. The molecule has 0 aromatic heterocycles. The van der Waals surface area contributed by atoms with E-state index < -0.39 is 0 Å². The zero-order valence-electron chi connectivity index (χ0n) is 11.0. The molecule has 0 bridgehead atoms. The molecule has 3 heteroatoms. The summed E-state index contributed by atoms with van der Waals surface area (Å²) in [5, 5.41) is 12.8. The van der Waals surface area contributed by atoms with E-state index >= 15 is 0 Å². The second kappa shape index (κ2) is 5.32. The van der Waals surface area contributed by atoms with Gasteiger partial charge in [-0.1, -0.05) is 26.3 Å². The Balaban J connectivity index is 2.15. The first kappa shape index (κ1) is 13.4. The number of nitriles is 1. The van der Waals surface area contributed by atoms with E-state index in [1.807, 2.05) is 18.2 Å². The Kier molecular flexibility index (Phi) is 3.97. The molecular formula is C15H19BrN2. The lowest BCUT2D eigenvalue weighted by Crippen LogP contribution is -2.32. The van der Waals surface area contributed by atoms with Gasteiger partial charge in [0.05, 0.1) is 11.3 Å². The monoisotopic (exact) mass is 306 g/mol. The highest BCUT2D eigenvalue weighted by Crippen LogP contribution is 2.37. The molecule has 0 aliphatic heterocycles. The van der Waals surface area contributed by atoms with Gasteiger partial charge in [0, 0.05) is 10.5 Å². The highest BCUT2D eigenvalue weighted by atomic mass is 79.9. The van der Waals surface area contributed by atoms with Gasteiger partial charge in [0.25, 0.3) is 0 Å². The lowest BCUT2D eigenvalue weighted by atomic mass is 9.75. The number of benzene rings is 1. The molecular weight excluding hydrogens is 288 g/mol. The van der Waals surface area contributed by atoms with Crippen molar-refractivity contribution in [2.45, 2.75) is 45.6 Å². The molecule has 2 nitrogen and oxygen atoms in total. The first-order valence-electron chi connectivity index (χ1n) is 6.47. The summed E-state index contributed by atoms with van der Waals surface area (Å²) in [6.07, 6.45) is 4.93. The largest absolute Gasteiger partial charge is 0.381 e. The van der Waals surface area contributed by atoms with Crippen LogP contribution in [0.4, 0.5) is 5.69 Å². The van der Waals surface area contributed by atoms with Crippen molar-refractivity contribution in [3.05, 3.63) is 28.2 Å². The van der Waals surface area contributed by atoms with Crippen LogP contribution in [-0.4, -0.2) is 6.04 Å². The minimum absolute atomic E-state index is 0.411. The number of nitrogens with zero attached hydrogens (tertiary/aromatic N) is 1. The van der Waals surface area contributed by atoms with Crippen LogP contribution in [0.3, 0.4) is 0 Å². The van der Waals surface area contributed by atoms with Crippen molar-refractivity contribution >= 4 is 21.6 Å². The molecule has 1 atom stereocenters. The van der Waals surface area contributed by atoms with Crippen molar-refractivity contribution in [2.24, 2.45) is 5.41 Å². The van der Waals surface area contributed by atoms with E-state index in [-0.39, 0.29) is 0 Å². The van der Waals surface area contributed by atoms with Crippen molar-refractivity contribution in [2.75, 3.05) is 5.32 Å². The van der Waals surface area contributed by atoms with Crippen LogP contribution < -0.4 is 5.32 Å². The van der Waals surface area contributed by atoms with E-state index in [1.54, 1.807) is 0 Å². The van der Waals surface area contributed by atoms with Gasteiger partial charge in [0.1, 0.15) is 6.07 Å². The summed E-state index contributed by atoms with van der Waals surface area (Å²) in [6.45, 7) is 4.65. The Bertz CT molecular complexity index is 474. The van der Waals surface area contributed by atoms with Crippen LogP contribution in [0.5, 0.6) is 0 Å². The SMILES string of the molecule is CC1(C)CCCC(Nc2cccc(Br)c2C#N)C1. The van der Waals surface area contributed by atoms with Crippen LogP contribution in [0.25, 0.3) is 0 Å². The van der Waals surface area contributed by atoms with E-state index in [0.717, 1.165) is 10.2 Å². The molecule has 0 amide bonds. The molecule has 1 fully saturated rings. The quantitative estimate of drug-likeness (QED) is 0.859. The summed E-state index contributed by atoms with van der Waals surface area (Å²) in [5.41, 5.74) is 2.07. The summed E-state index contributed by atoms with van der Waals surface area (Å²) < 4.78 is 0.866. The van der Waals surface area contributed by atoms with Crippen molar-refractivity contribution in [3.63, 3.8) is 0 Å². The summed E-state index contributed by atoms with van der Waals surface area (Å²) in [6, 6.07) is 8.62. The maximum absolute atomic E-state index is 9.21. The Labute approximate surface area is 118 Å². The van der Waals surface area contributed by atoms with Gasteiger partial charge in [-0.2, -0.15) is 5.26 Å². The predicted molar refractivity (Wildman–Crippen MR) is 78.5 cm³/mol. The van der Waals surface area contributed by atoms with Crippen LogP contribution in [0.15, 0.2) is 22.7 Å². The average molecular weight is 307 g/mol. The van der Waals surface area contributed by atoms with E-state index in [9.17, 15) is 5.26 Å². The molecule has 0 radical (unpaired) electrons. The van der Waals surface area contributed by atoms with E-state index in [2.05, 4.69) is 41.2 Å². The molecule has 0 heterocycles. The van der Waals surface area contributed by atoms with E-state index in [4.69, 9.17) is 0 Å². The summed E-state index contributed by atoms with van der Waals surface area (Å²) in [5.74, 6) is 0. The normalized spacial score (nSPS) is 22.2. The number of hydrogen-bond acceptors (Lipinski definition) is 2. The highest BCUT2D eigenvalue weighted by Gasteiger charge is 2.28. The van der Waals surface area contributed by atoms with Crippen LogP contribution in [0.1, 0.15) is 45.1 Å². The molecule has 1 aromatic rings. The van der Waals surface area contributed by atoms with Crippen LogP contribution in [-0.2, 0) is 0 Å². The number of hydrogen-bond donors (Lipinski definition) is 1. The number of rotatable bonds is 2. The zero-order chi connectivity index (χ0) is 13.2. The maximum atomic E-state index is 9.21. The van der Waals surface area contributed by atoms with Gasteiger partial charge < -0.3 is 5.32 Å². The third-order valence-corrected chi connectivity index (χ3v) is 4.35. The third-order valence-electron chi connectivity index (χ3n) is 3.69. The fourth-order valence-corrected chi connectivity index (χ4v) is 3.25. The topological polar surface area (TPSA) is 35.8 Å². The van der Waals surface area contributed by atoms with Crippen molar-refractivity contribution < 1.29 is 0 Å². The lowest BCUT2D eigenvalue weighted by Gasteiger charge is -2.36. The Morgan fingerprint density at radius 2 is 2.22 bits per heavy atom. The molecule has 0 saturated heterocycles. The molecule has 0 spiro atoms. The molecule has 1 aromatic carbocycles. The molecule has 1 unspecified atom stereocenters. The van der Waals surface area contributed by atoms with E-state index in [0.29, 0.717) is 17.0 Å². The Morgan fingerprint density at radius 3 is 2.89 bits per heavy atom. The molecule has 18 heavy (non-hydrogen) atoms. The lowest BCUT2D eigenvalue weighted by molar-refractivity contribution is 0.229. The number of anilines is 1. The van der Waals surface area contributed by atoms with Crippen LogP contribution >= 0.6 is 15.9 Å². The average Bonchev–Trinajstić information content (AvgIpc) is 2.28. The van der Waals surface area contributed by atoms with Gasteiger partial charge in [-0.3, -0.25) is 0 Å². The molecule has 2 rings (SSSR count). The molecule has 1 N–H and O–H groups in total. The van der Waals surface area contributed by atoms with Crippen molar-refractivity contribution in [1.29, 1.82) is 5.26 Å². The van der Waals surface area contributed by atoms with Gasteiger partial charge in [0.15, 0.2) is 0 Å². The third kappa shape index (κ3) is 3.05. The fourth-order valence-electron chi connectivity index (χ4n) is 2.80. The summed E-state index contributed by atoms with van der Waals surface area (Å²) in [7, 11) is 0. The Morgan fingerprint density at radius 1 is 1.44 bits per heavy atom. The minimum Gasteiger partial charge on any atom is -0.381 e. The van der Waals surface area contributed by atoms with Gasteiger partial charge >= 0.3 is 0 Å². The van der Waals surface area contributed by atoms with Gasteiger partial charge in [-0.25, -0.2) is 0 Å². The molecule has 96 valence electrons. The standard InChI is InChI=1S/C15H19BrN2/c1-15(2)8-4-5-11(9-15)18-14-7-3-6-13(16)12(14)10-17/h3,6-7,11,18H,4-5,8-9H2,1-2H3. The van der Waals surface area contributed by atoms with Crippen LogP contribution in [0.2, 0.25) is 0 Å². The first-order valence-corrected chi connectivity index (χ1v) is 7.26.